The number of ether oxygens (including phenoxy) is 1. The molecule has 19 heavy (non-hydrogen) atoms. The van der Waals surface area contributed by atoms with Crippen molar-refractivity contribution in [2.75, 3.05) is 14.2 Å². The van der Waals surface area contributed by atoms with Gasteiger partial charge in [0.1, 0.15) is 5.75 Å². The number of hydrogen-bond acceptors (Lipinski definition) is 3. The number of carbonyl (C=O) groups is 1. The number of hydrogen-bond donors (Lipinski definition) is 1. The van der Waals surface area contributed by atoms with Gasteiger partial charge in [0.25, 0.3) is 0 Å². The zero-order chi connectivity index (χ0) is 14.8. The van der Waals surface area contributed by atoms with Crippen LogP contribution in [0.5, 0.6) is 5.75 Å². The van der Waals surface area contributed by atoms with E-state index in [0.717, 1.165) is 22.4 Å². The van der Waals surface area contributed by atoms with Crippen LogP contribution in [-0.4, -0.2) is 30.5 Å². The molecular weight excluding hydrogens is 240 g/mol. The van der Waals surface area contributed by atoms with Crippen molar-refractivity contribution in [1.29, 1.82) is 0 Å². The van der Waals surface area contributed by atoms with E-state index < -0.39 is 5.54 Å². The highest BCUT2D eigenvalue weighted by atomic mass is 16.5. The Bertz CT molecular complexity index is 476. The van der Waals surface area contributed by atoms with Gasteiger partial charge in [0.15, 0.2) is 0 Å². The van der Waals surface area contributed by atoms with Gasteiger partial charge in [-0.3, -0.25) is 4.79 Å². The molecular formula is C15H24N2O2. The van der Waals surface area contributed by atoms with Crippen LogP contribution in [0.4, 0.5) is 0 Å². The molecule has 106 valence electrons. The molecule has 0 saturated carbocycles. The van der Waals surface area contributed by atoms with Crippen LogP contribution in [0.25, 0.3) is 0 Å². The normalized spacial score (nSPS) is 11.3. The zero-order valence-electron chi connectivity index (χ0n) is 12.7. The van der Waals surface area contributed by atoms with Crippen LogP contribution in [0.15, 0.2) is 12.1 Å². The monoisotopic (exact) mass is 264 g/mol. The molecule has 0 aliphatic rings. The molecule has 0 radical (unpaired) electrons. The smallest absolute Gasteiger partial charge is 0.242 e. The summed E-state index contributed by atoms with van der Waals surface area (Å²) in [6.07, 6.45) is 0. The number of benzene rings is 1. The van der Waals surface area contributed by atoms with Gasteiger partial charge in [0.05, 0.1) is 12.6 Å². The van der Waals surface area contributed by atoms with Crippen LogP contribution in [0.2, 0.25) is 0 Å². The molecule has 0 fully saturated rings. The van der Waals surface area contributed by atoms with Gasteiger partial charge in [0.2, 0.25) is 5.91 Å². The van der Waals surface area contributed by atoms with Gasteiger partial charge in [0, 0.05) is 13.6 Å². The fourth-order valence-electron chi connectivity index (χ4n) is 2.06. The summed E-state index contributed by atoms with van der Waals surface area (Å²) in [6, 6.07) is 3.93. The maximum atomic E-state index is 12.1. The first-order valence-electron chi connectivity index (χ1n) is 6.36. The average molecular weight is 264 g/mol. The number of carbonyl (C=O) groups excluding carboxylic acids is 1. The Morgan fingerprint density at radius 1 is 1.32 bits per heavy atom. The molecule has 0 spiro atoms. The maximum Gasteiger partial charge on any atom is 0.242 e. The Kier molecular flexibility index (Phi) is 4.58. The molecule has 0 heterocycles. The number of nitrogens with two attached hydrogens (primary N) is 1. The number of likely N-dealkylation sites (N-methyl/N-ethyl adjacent to an activating group) is 1. The van der Waals surface area contributed by atoms with Crippen molar-refractivity contribution in [3.05, 3.63) is 28.8 Å². The second-order valence-corrected chi connectivity index (χ2v) is 5.56. The predicted molar refractivity (Wildman–Crippen MR) is 77.2 cm³/mol. The van der Waals surface area contributed by atoms with Gasteiger partial charge >= 0.3 is 0 Å². The molecule has 4 heteroatoms. The molecule has 1 rings (SSSR count). The summed E-state index contributed by atoms with van der Waals surface area (Å²) < 4.78 is 5.29. The number of rotatable bonds is 4. The highest BCUT2D eigenvalue weighted by molar-refractivity contribution is 5.84. The minimum absolute atomic E-state index is 0.0691. The molecule has 2 N–H and O–H groups in total. The van der Waals surface area contributed by atoms with Crippen molar-refractivity contribution in [3.8, 4) is 5.75 Å². The zero-order valence-corrected chi connectivity index (χ0v) is 12.7. The molecule has 1 amide bonds. The van der Waals surface area contributed by atoms with E-state index in [0.29, 0.717) is 6.54 Å². The molecule has 0 bridgehead atoms. The lowest BCUT2D eigenvalue weighted by Gasteiger charge is -2.26. The lowest BCUT2D eigenvalue weighted by atomic mass is 10.0. The van der Waals surface area contributed by atoms with Crippen molar-refractivity contribution in [3.63, 3.8) is 0 Å². The fraction of sp³-hybridized carbons (Fsp3) is 0.533. The summed E-state index contributed by atoms with van der Waals surface area (Å²) >= 11 is 0. The van der Waals surface area contributed by atoms with Crippen LogP contribution >= 0.6 is 0 Å². The molecule has 0 aliphatic carbocycles. The van der Waals surface area contributed by atoms with Gasteiger partial charge in [-0.05, 0) is 50.5 Å². The molecule has 0 aromatic heterocycles. The molecule has 0 saturated heterocycles. The quantitative estimate of drug-likeness (QED) is 0.905. The Labute approximate surface area is 115 Å². The Morgan fingerprint density at radius 3 is 2.37 bits per heavy atom. The van der Waals surface area contributed by atoms with E-state index in [1.807, 2.05) is 26.0 Å². The van der Waals surface area contributed by atoms with E-state index >= 15 is 0 Å². The van der Waals surface area contributed by atoms with Gasteiger partial charge < -0.3 is 15.4 Å². The standard InChI is InChI=1S/C15H24N2O2/c1-10-11(2)13(19-6)8-7-12(10)9-17(5)14(18)15(3,4)16/h7-8H,9,16H2,1-6H3. The maximum absolute atomic E-state index is 12.1. The highest BCUT2D eigenvalue weighted by Gasteiger charge is 2.25. The minimum atomic E-state index is -0.843. The summed E-state index contributed by atoms with van der Waals surface area (Å²) in [5, 5.41) is 0. The van der Waals surface area contributed by atoms with Crippen LogP contribution in [0, 0.1) is 13.8 Å². The average Bonchev–Trinajstić information content (AvgIpc) is 2.33. The summed E-state index contributed by atoms with van der Waals surface area (Å²) in [7, 11) is 3.43. The van der Waals surface area contributed by atoms with Crippen LogP contribution in [0.1, 0.15) is 30.5 Å². The fourth-order valence-corrected chi connectivity index (χ4v) is 2.06. The van der Waals surface area contributed by atoms with E-state index in [-0.39, 0.29) is 5.91 Å². The van der Waals surface area contributed by atoms with E-state index in [9.17, 15) is 4.79 Å². The van der Waals surface area contributed by atoms with Crippen molar-refractivity contribution >= 4 is 5.91 Å². The van der Waals surface area contributed by atoms with Gasteiger partial charge in [-0.15, -0.1) is 0 Å². The SMILES string of the molecule is COc1ccc(CN(C)C(=O)C(C)(C)N)c(C)c1C. The first-order chi connectivity index (χ1) is 8.68. The third-order valence-corrected chi connectivity index (χ3v) is 3.37. The van der Waals surface area contributed by atoms with Gasteiger partial charge in [-0.1, -0.05) is 6.07 Å². The predicted octanol–water partition coefficient (Wildman–Crippen LogP) is 2.01. The first-order valence-corrected chi connectivity index (χ1v) is 6.36. The van der Waals surface area contributed by atoms with Gasteiger partial charge in [-0.25, -0.2) is 0 Å². The minimum Gasteiger partial charge on any atom is -0.496 e. The van der Waals surface area contributed by atoms with E-state index in [1.165, 1.54) is 0 Å². The first kappa shape index (κ1) is 15.5. The number of methoxy groups -OCH3 is 1. The Balaban J connectivity index is 2.95. The summed E-state index contributed by atoms with van der Waals surface area (Å²) in [5.74, 6) is 0.801. The van der Waals surface area contributed by atoms with E-state index in [4.69, 9.17) is 10.5 Å². The summed E-state index contributed by atoms with van der Waals surface area (Å²) in [4.78, 5) is 13.7. The van der Waals surface area contributed by atoms with Crippen molar-refractivity contribution < 1.29 is 9.53 Å². The van der Waals surface area contributed by atoms with Gasteiger partial charge in [-0.2, -0.15) is 0 Å². The largest absolute Gasteiger partial charge is 0.496 e. The molecule has 1 aromatic rings. The summed E-state index contributed by atoms with van der Waals surface area (Å²) in [6.45, 7) is 8.05. The lowest BCUT2D eigenvalue weighted by molar-refractivity contribution is -0.135. The second-order valence-electron chi connectivity index (χ2n) is 5.56. The second kappa shape index (κ2) is 5.61. The van der Waals surface area contributed by atoms with Crippen molar-refractivity contribution in [2.24, 2.45) is 5.73 Å². The lowest BCUT2D eigenvalue weighted by Crippen LogP contribution is -2.49. The van der Waals surface area contributed by atoms with E-state index in [2.05, 4.69) is 0 Å². The third-order valence-electron chi connectivity index (χ3n) is 3.37. The molecule has 0 unspecified atom stereocenters. The summed E-state index contributed by atoms with van der Waals surface area (Å²) in [5.41, 5.74) is 8.35. The van der Waals surface area contributed by atoms with Crippen LogP contribution in [0.3, 0.4) is 0 Å². The van der Waals surface area contributed by atoms with E-state index in [1.54, 1.807) is 32.9 Å². The van der Waals surface area contributed by atoms with Crippen LogP contribution < -0.4 is 10.5 Å². The van der Waals surface area contributed by atoms with Crippen molar-refractivity contribution in [1.82, 2.24) is 4.90 Å². The van der Waals surface area contributed by atoms with Crippen LogP contribution in [-0.2, 0) is 11.3 Å². The molecule has 1 aromatic carbocycles. The molecule has 0 atom stereocenters. The Hall–Kier alpha value is -1.55. The topological polar surface area (TPSA) is 55.6 Å². The molecule has 4 nitrogen and oxygen atoms in total. The highest BCUT2D eigenvalue weighted by Crippen LogP contribution is 2.24. The van der Waals surface area contributed by atoms with Crippen molar-refractivity contribution in [2.45, 2.75) is 39.8 Å². The third kappa shape index (κ3) is 3.47. The number of amides is 1. The Morgan fingerprint density at radius 2 is 1.89 bits per heavy atom. The number of nitrogens with zero attached hydrogens (tertiary/aromatic N) is 1. The molecule has 0 aliphatic heterocycles.